The number of oxime groups is 1. The first-order valence-electron chi connectivity index (χ1n) is 5.14. The van der Waals surface area contributed by atoms with Crippen molar-refractivity contribution in [3.05, 3.63) is 35.4 Å². The minimum absolute atomic E-state index is 0.830. The molecule has 0 amide bonds. The third-order valence-corrected chi connectivity index (χ3v) is 2.31. The van der Waals surface area contributed by atoms with E-state index in [2.05, 4.69) is 11.2 Å². The van der Waals surface area contributed by atoms with Crippen LogP contribution in [0.4, 0.5) is 0 Å². The molecule has 1 aromatic rings. The maximum absolute atomic E-state index is 9.00. The van der Waals surface area contributed by atoms with Crippen LogP contribution in [-0.4, -0.2) is 22.0 Å². The van der Waals surface area contributed by atoms with Crippen LogP contribution in [0.15, 0.2) is 29.4 Å². The van der Waals surface area contributed by atoms with Gasteiger partial charge in [-0.3, -0.25) is 4.79 Å². The number of hydrogen-bond donors (Lipinski definition) is 2. The van der Waals surface area contributed by atoms with Crippen molar-refractivity contribution in [1.29, 1.82) is 0 Å². The van der Waals surface area contributed by atoms with E-state index >= 15 is 0 Å². The summed E-state index contributed by atoms with van der Waals surface area (Å²) in [5.74, 6) is -0.833. The van der Waals surface area contributed by atoms with E-state index in [4.69, 9.17) is 15.1 Å². The number of fused-ring (bicyclic) bond motifs is 1. The highest BCUT2D eigenvalue weighted by Crippen LogP contribution is 2.20. The predicted octanol–water partition coefficient (Wildman–Crippen LogP) is 2.29. The second-order valence-electron chi connectivity index (χ2n) is 3.58. The van der Waals surface area contributed by atoms with Crippen molar-refractivity contribution in [2.75, 3.05) is 0 Å². The lowest BCUT2D eigenvalue weighted by molar-refractivity contribution is -0.134. The first-order chi connectivity index (χ1) is 7.65. The van der Waals surface area contributed by atoms with Gasteiger partial charge in [-0.15, -0.1) is 0 Å². The summed E-state index contributed by atoms with van der Waals surface area (Å²) in [4.78, 5) is 9.00. The standard InChI is InChI=1S/C10H11NO.C2H4O2/c12-11-10-7-3-5-8-4-1-2-6-9(8)10;1-2(3)4/h1-2,4,6,12H,3,5,7H2;1H3,(H,3,4). The van der Waals surface area contributed by atoms with Gasteiger partial charge in [-0.25, -0.2) is 0 Å². The molecule has 0 atom stereocenters. The fourth-order valence-corrected chi connectivity index (χ4v) is 1.70. The van der Waals surface area contributed by atoms with Crippen LogP contribution < -0.4 is 0 Å². The first kappa shape index (κ1) is 12.2. The Bertz CT molecular complexity index is 395. The average Bonchev–Trinajstić information content (AvgIpc) is 2.27. The van der Waals surface area contributed by atoms with Crippen LogP contribution in [0.3, 0.4) is 0 Å². The Balaban J connectivity index is 0.000000280. The number of aryl methyl sites for hydroxylation is 1. The molecule has 0 saturated heterocycles. The van der Waals surface area contributed by atoms with Crippen molar-refractivity contribution in [3.8, 4) is 0 Å². The molecule has 4 nitrogen and oxygen atoms in total. The van der Waals surface area contributed by atoms with E-state index < -0.39 is 5.97 Å². The van der Waals surface area contributed by atoms with Gasteiger partial charge >= 0.3 is 0 Å². The van der Waals surface area contributed by atoms with Gasteiger partial charge in [0, 0.05) is 12.5 Å². The molecule has 1 aliphatic carbocycles. The lowest BCUT2D eigenvalue weighted by Crippen LogP contribution is -2.11. The highest BCUT2D eigenvalue weighted by molar-refractivity contribution is 6.02. The smallest absolute Gasteiger partial charge is 0.300 e. The number of carbonyl (C=O) groups is 1. The Kier molecular flexibility index (Phi) is 4.51. The molecule has 16 heavy (non-hydrogen) atoms. The highest BCUT2D eigenvalue weighted by Gasteiger charge is 2.14. The fraction of sp³-hybridized carbons (Fsp3) is 0.333. The molecule has 0 bridgehead atoms. The molecular formula is C12H15NO3. The van der Waals surface area contributed by atoms with E-state index in [-0.39, 0.29) is 0 Å². The van der Waals surface area contributed by atoms with E-state index in [0.717, 1.165) is 37.5 Å². The highest BCUT2D eigenvalue weighted by atomic mass is 16.4. The molecule has 0 fully saturated rings. The topological polar surface area (TPSA) is 69.9 Å². The second kappa shape index (κ2) is 5.90. The van der Waals surface area contributed by atoms with Gasteiger partial charge in [0.2, 0.25) is 0 Å². The minimum atomic E-state index is -0.833. The van der Waals surface area contributed by atoms with Crippen LogP contribution in [0.1, 0.15) is 30.9 Å². The van der Waals surface area contributed by atoms with Crippen LogP contribution in [-0.2, 0) is 11.2 Å². The Hall–Kier alpha value is -1.84. The summed E-state index contributed by atoms with van der Waals surface area (Å²) in [6.07, 6.45) is 3.10. The predicted molar refractivity (Wildman–Crippen MR) is 61.0 cm³/mol. The Morgan fingerprint density at radius 3 is 2.56 bits per heavy atom. The Morgan fingerprint density at radius 1 is 1.31 bits per heavy atom. The summed E-state index contributed by atoms with van der Waals surface area (Å²) in [5.41, 5.74) is 3.25. The quantitative estimate of drug-likeness (QED) is 0.521. The Labute approximate surface area is 94.2 Å². The zero-order chi connectivity index (χ0) is 12.0. The van der Waals surface area contributed by atoms with Gasteiger partial charge < -0.3 is 10.3 Å². The molecule has 4 heteroatoms. The van der Waals surface area contributed by atoms with Crippen molar-refractivity contribution in [3.63, 3.8) is 0 Å². The van der Waals surface area contributed by atoms with Gasteiger partial charge in [-0.2, -0.15) is 0 Å². The van der Waals surface area contributed by atoms with Gasteiger partial charge in [0.05, 0.1) is 5.71 Å². The zero-order valence-corrected chi connectivity index (χ0v) is 9.18. The molecule has 0 heterocycles. The fourth-order valence-electron chi connectivity index (χ4n) is 1.70. The molecule has 0 unspecified atom stereocenters. The van der Waals surface area contributed by atoms with Crippen LogP contribution in [0, 0.1) is 0 Å². The molecule has 1 aliphatic rings. The monoisotopic (exact) mass is 221 g/mol. The van der Waals surface area contributed by atoms with Crippen LogP contribution in [0.5, 0.6) is 0 Å². The molecule has 0 saturated carbocycles. The van der Waals surface area contributed by atoms with Gasteiger partial charge in [0.25, 0.3) is 5.97 Å². The number of hydrogen-bond acceptors (Lipinski definition) is 3. The number of aliphatic carboxylic acids is 1. The molecule has 2 rings (SSSR count). The number of carboxylic acids is 1. The number of nitrogens with zero attached hydrogens (tertiary/aromatic N) is 1. The molecule has 2 N–H and O–H groups in total. The van der Waals surface area contributed by atoms with E-state index in [0.29, 0.717) is 0 Å². The largest absolute Gasteiger partial charge is 0.481 e. The molecule has 0 aromatic heterocycles. The maximum atomic E-state index is 9.00. The van der Waals surface area contributed by atoms with Crippen molar-refractivity contribution in [1.82, 2.24) is 0 Å². The summed E-state index contributed by atoms with van der Waals surface area (Å²) in [7, 11) is 0. The van der Waals surface area contributed by atoms with Gasteiger partial charge in [-0.05, 0) is 24.8 Å². The van der Waals surface area contributed by atoms with Crippen molar-refractivity contribution in [2.45, 2.75) is 26.2 Å². The van der Waals surface area contributed by atoms with E-state index in [1.54, 1.807) is 0 Å². The summed E-state index contributed by atoms with van der Waals surface area (Å²) >= 11 is 0. The summed E-state index contributed by atoms with van der Waals surface area (Å²) in [6, 6.07) is 8.12. The zero-order valence-electron chi connectivity index (χ0n) is 9.18. The lowest BCUT2D eigenvalue weighted by Gasteiger charge is -2.15. The molecule has 0 radical (unpaired) electrons. The van der Waals surface area contributed by atoms with E-state index in [9.17, 15) is 0 Å². The van der Waals surface area contributed by atoms with Gasteiger partial charge in [-0.1, -0.05) is 29.4 Å². The number of carboxylic acid groups (broad SMARTS) is 1. The lowest BCUT2D eigenvalue weighted by atomic mass is 9.90. The minimum Gasteiger partial charge on any atom is -0.481 e. The first-order valence-corrected chi connectivity index (χ1v) is 5.14. The second-order valence-corrected chi connectivity index (χ2v) is 3.58. The molecular weight excluding hydrogens is 206 g/mol. The molecule has 86 valence electrons. The van der Waals surface area contributed by atoms with Gasteiger partial charge in [0.1, 0.15) is 0 Å². The molecule has 0 spiro atoms. The van der Waals surface area contributed by atoms with Gasteiger partial charge in [0.15, 0.2) is 0 Å². The number of rotatable bonds is 0. The third kappa shape index (κ3) is 3.38. The van der Waals surface area contributed by atoms with Crippen molar-refractivity contribution in [2.24, 2.45) is 5.16 Å². The van der Waals surface area contributed by atoms with Crippen LogP contribution >= 0.6 is 0 Å². The normalized spacial score (nSPS) is 15.9. The third-order valence-electron chi connectivity index (χ3n) is 2.31. The van der Waals surface area contributed by atoms with Crippen LogP contribution in [0.2, 0.25) is 0 Å². The Morgan fingerprint density at radius 2 is 1.94 bits per heavy atom. The summed E-state index contributed by atoms with van der Waals surface area (Å²) < 4.78 is 0. The van der Waals surface area contributed by atoms with Crippen molar-refractivity contribution >= 4 is 11.7 Å². The summed E-state index contributed by atoms with van der Waals surface area (Å²) in [6.45, 7) is 1.08. The average molecular weight is 221 g/mol. The maximum Gasteiger partial charge on any atom is 0.300 e. The van der Waals surface area contributed by atoms with E-state index in [1.165, 1.54) is 5.56 Å². The SMILES string of the molecule is CC(=O)O.ON=C1CCCc2ccccc21. The van der Waals surface area contributed by atoms with Crippen molar-refractivity contribution < 1.29 is 15.1 Å². The molecule has 0 aliphatic heterocycles. The van der Waals surface area contributed by atoms with E-state index in [1.807, 2.05) is 18.2 Å². The molecule has 1 aromatic carbocycles. The van der Waals surface area contributed by atoms with Crippen LogP contribution in [0.25, 0.3) is 0 Å². The number of benzene rings is 1. The summed E-state index contributed by atoms with van der Waals surface area (Å²) in [5, 5.41) is 19.4.